The Labute approximate surface area is 126 Å². The van der Waals surface area contributed by atoms with E-state index in [0.29, 0.717) is 18.2 Å². The van der Waals surface area contributed by atoms with Crippen LogP contribution in [0.3, 0.4) is 0 Å². The molecule has 2 aliphatic rings. The molecule has 1 saturated heterocycles. The van der Waals surface area contributed by atoms with Gasteiger partial charge in [-0.1, -0.05) is 12.8 Å². The molecule has 2 heterocycles. The molecular formula is C15H23N3O2S. The second-order valence-corrected chi connectivity index (χ2v) is 7.88. The summed E-state index contributed by atoms with van der Waals surface area (Å²) in [4.78, 5) is 4.42. The Morgan fingerprint density at radius 1 is 1.24 bits per heavy atom. The summed E-state index contributed by atoms with van der Waals surface area (Å²) in [5.41, 5.74) is 6.12. The van der Waals surface area contributed by atoms with E-state index >= 15 is 0 Å². The molecule has 6 heteroatoms. The van der Waals surface area contributed by atoms with Crippen molar-refractivity contribution in [1.82, 2.24) is 9.29 Å². The van der Waals surface area contributed by atoms with Crippen LogP contribution in [0, 0.1) is 5.92 Å². The lowest BCUT2D eigenvalue weighted by Crippen LogP contribution is -2.39. The van der Waals surface area contributed by atoms with Gasteiger partial charge in [0.2, 0.25) is 10.0 Å². The summed E-state index contributed by atoms with van der Waals surface area (Å²) in [5, 5.41) is 0. The van der Waals surface area contributed by atoms with Crippen molar-refractivity contribution < 1.29 is 8.42 Å². The highest BCUT2D eigenvalue weighted by atomic mass is 32.2. The standard InChI is InChI=1S/C15H23N3O2S/c16-11-13-15(8-3-9-17-13)21(19,20)18-10-4-7-14(18)12-5-1-2-6-12/h3,8-9,12,14H,1-2,4-7,10-11,16H2. The molecule has 1 aromatic rings. The van der Waals surface area contributed by atoms with E-state index < -0.39 is 10.0 Å². The highest BCUT2D eigenvalue weighted by Crippen LogP contribution is 2.38. The minimum absolute atomic E-state index is 0.150. The van der Waals surface area contributed by atoms with Crippen molar-refractivity contribution in [3.05, 3.63) is 24.0 Å². The summed E-state index contributed by atoms with van der Waals surface area (Å²) >= 11 is 0. The number of nitrogens with zero attached hydrogens (tertiary/aromatic N) is 2. The van der Waals surface area contributed by atoms with Gasteiger partial charge in [-0.3, -0.25) is 4.98 Å². The Balaban J connectivity index is 1.93. The van der Waals surface area contributed by atoms with Crippen LogP contribution in [0.4, 0.5) is 0 Å². The first-order valence-corrected chi connectivity index (χ1v) is 9.24. The van der Waals surface area contributed by atoms with Crippen molar-refractivity contribution in [3.63, 3.8) is 0 Å². The Bertz CT molecular complexity index is 597. The average molecular weight is 309 g/mol. The maximum Gasteiger partial charge on any atom is 0.245 e. The third-order valence-corrected chi connectivity index (χ3v) is 6.82. The maximum absolute atomic E-state index is 13.0. The van der Waals surface area contributed by atoms with Crippen LogP contribution in [0.15, 0.2) is 23.2 Å². The third-order valence-electron chi connectivity index (χ3n) is 4.82. The molecule has 1 aromatic heterocycles. The number of pyridine rings is 1. The Kier molecular flexibility index (Phi) is 4.28. The van der Waals surface area contributed by atoms with E-state index in [1.165, 1.54) is 12.8 Å². The van der Waals surface area contributed by atoms with Gasteiger partial charge in [0, 0.05) is 25.3 Å². The van der Waals surface area contributed by atoms with Gasteiger partial charge >= 0.3 is 0 Å². The number of nitrogens with two attached hydrogens (primary N) is 1. The molecule has 0 aromatic carbocycles. The van der Waals surface area contributed by atoms with Crippen molar-refractivity contribution in [1.29, 1.82) is 0 Å². The first kappa shape index (κ1) is 14.9. The summed E-state index contributed by atoms with van der Waals surface area (Å²) in [6.45, 7) is 0.778. The highest BCUT2D eigenvalue weighted by molar-refractivity contribution is 7.89. The Morgan fingerprint density at radius 2 is 2.00 bits per heavy atom. The summed E-state index contributed by atoms with van der Waals surface area (Å²) in [6, 6.07) is 3.48. The van der Waals surface area contributed by atoms with Crippen LogP contribution in [0.5, 0.6) is 0 Å². The molecule has 5 nitrogen and oxygen atoms in total. The van der Waals surface area contributed by atoms with Gasteiger partial charge in [0.05, 0.1) is 5.69 Å². The number of hydrogen-bond donors (Lipinski definition) is 1. The van der Waals surface area contributed by atoms with E-state index in [-0.39, 0.29) is 17.5 Å². The van der Waals surface area contributed by atoms with Crippen molar-refractivity contribution in [2.75, 3.05) is 6.54 Å². The minimum Gasteiger partial charge on any atom is -0.325 e. The van der Waals surface area contributed by atoms with Gasteiger partial charge < -0.3 is 5.73 Å². The summed E-state index contributed by atoms with van der Waals surface area (Å²) in [6.07, 6.45) is 8.33. The molecule has 3 rings (SSSR count). The fourth-order valence-electron chi connectivity index (χ4n) is 3.82. The monoisotopic (exact) mass is 309 g/mol. The van der Waals surface area contributed by atoms with Crippen LogP contribution in [-0.4, -0.2) is 30.3 Å². The quantitative estimate of drug-likeness (QED) is 0.921. The third kappa shape index (κ3) is 2.72. The first-order valence-electron chi connectivity index (χ1n) is 7.80. The fourth-order valence-corrected chi connectivity index (χ4v) is 5.76. The minimum atomic E-state index is -3.48. The Morgan fingerprint density at radius 3 is 2.71 bits per heavy atom. The number of aromatic nitrogens is 1. The Hall–Kier alpha value is -0.980. The highest BCUT2D eigenvalue weighted by Gasteiger charge is 2.40. The molecule has 0 bridgehead atoms. The van der Waals surface area contributed by atoms with Gasteiger partial charge in [-0.2, -0.15) is 4.31 Å². The molecule has 21 heavy (non-hydrogen) atoms. The molecule has 2 N–H and O–H groups in total. The predicted molar refractivity (Wildman–Crippen MR) is 81.0 cm³/mol. The first-order chi connectivity index (χ1) is 10.1. The normalized spacial score (nSPS) is 24.7. The van der Waals surface area contributed by atoms with E-state index in [1.54, 1.807) is 22.6 Å². The van der Waals surface area contributed by atoms with Gasteiger partial charge in [0.15, 0.2) is 0 Å². The van der Waals surface area contributed by atoms with Crippen LogP contribution in [0.2, 0.25) is 0 Å². The van der Waals surface area contributed by atoms with Gasteiger partial charge in [-0.25, -0.2) is 8.42 Å². The second-order valence-electron chi connectivity index (χ2n) is 6.02. The molecule has 1 aliphatic carbocycles. The van der Waals surface area contributed by atoms with Crippen LogP contribution in [-0.2, 0) is 16.6 Å². The average Bonchev–Trinajstić information content (AvgIpc) is 3.17. The topological polar surface area (TPSA) is 76.3 Å². The van der Waals surface area contributed by atoms with E-state index in [4.69, 9.17) is 5.73 Å². The van der Waals surface area contributed by atoms with E-state index in [1.807, 2.05) is 0 Å². The number of rotatable bonds is 4. The lowest BCUT2D eigenvalue weighted by Gasteiger charge is -2.29. The molecule has 0 amide bonds. The van der Waals surface area contributed by atoms with Gasteiger partial charge in [-0.15, -0.1) is 0 Å². The molecular weight excluding hydrogens is 286 g/mol. The van der Waals surface area contributed by atoms with Crippen LogP contribution in [0.25, 0.3) is 0 Å². The zero-order valence-electron chi connectivity index (χ0n) is 12.2. The van der Waals surface area contributed by atoms with Gasteiger partial charge in [0.25, 0.3) is 0 Å². The van der Waals surface area contributed by atoms with Crippen molar-refractivity contribution in [2.45, 2.75) is 56.0 Å². The van der Waals surface area contributed by atoms with Crippen molar-refractivity contribution in [3.8, 4) is 0 Å². The van der Waals surface area contributed by atoms with Crippen molar-refractivity contribution >= 4 is 10.0 Å². The molecule has 1 atom stereocenters. The molecule has 0 radical (unpaired) electrons. The smallest absolute Gasteiger partial charge is 0.245 e. The van der Waals surface area contributed by atoms with Gasteiger partial charge in [-0.05, 0) is 43.7 Å². The van der Waals surface area contributed by atoms with E-state index in [2.05, 4.69) is 4.98 Å². The number of sulfonamides is 1. The summed E-state index contributed by atoms with van der Waals surface area (Å²) in [7, 11) is -3.48. The van der Waals surface area contributed by atoms with Crippen LogP contribution < -0.4 is 5.73 Å². The second kappa shape index (κ2) is 6.02. The SMILES string of the molecule is NCc1ncccc1S(=O)(=O)N1CCCC1C1CCCC1. The van der Waals surface area contributed by atoms with Crippen molar-refractivity contribution in [2.24, 2.45) is 11.7 Å². The van der Waals surface area contributed by atoms with Crippen LogP contribution >= 0.6 is 0 Å². The lowest BCUT2D eigenvalue weighted by atomic mass is 9.97. The summed E-state index contributed by atoms with van der Waals surface area (Å²) in [5.74, 6) is 0.528. The zero-order chi connectivity index (χ0) is 14.9. The largest absolute Gasteiger partial charge is 0.325 e. The predicted octanol–water partition coefficient (Wildman–Crippen LogP) is 1.88. The van der Waals surface area contributed by atoms with Gasteiger partial charge in [0.1, 0.15) is 4.90 Å². The molecule has 1 saturated carbocycles. The molecule has 0 spiro atoms. The van der Waals surface area contributed by atoms with Crippen LogP contribution in [0.1, 0.15) is 44.2 Å². The summed E-state index contributed by atoms with van der Waals surface area (Å²) < 4.78 is 27.7. The molecule has 1 aliphatic heterocycles. The molecule has 1 unspecified atom stereocenters. The maximum atomic E-state index is 13.0. The molecule has 2 fully saturated rings. The zero-order valence-corrected chi connectivity index (χ0v) is 13.1. The van der Waals surface area contributed by atoms with E-state index in [9.17, 15) is 8.42 Å². The van der Waals surface area contributed by atoms with E-state index in [0.717, 1.165) is 25.7 Å². The fraction of sp³-hybridized carbons (Fsp3) is 0.667. The lowest BCUT2D eigenvalue weighted by molar-refractivity contribution is 0.288. The number of hydrogen-bond acceptors (Lipinski definition) is 4. The molecule has 116 valence electrons.